The lowest BCUT2D eigenvalue weighted by atomic mass is 10.1. The first-order chi connectivity index (χ1) is 22.8. The minimum Gasteiger partial charge on any atom is -0.456 e. The number of rotatable bonds is 4. The van der Waals surface area contributed by atoms with Crippen molar-refractivity contribution in [3.63, 3.8) is 0 Å². The molecule has 0 saturated heterocycles. The summed E-state index contributed by atoms with van der Waals surface area (Å²) in [6, 6.07) is 49.6. The maximum absolute atomic E-state index is 6.45. The summed E-state index contributed by atoms with van der Waals surface area (Å²) in [4.78, 5) is 14.8. The molecular formula is C41H26N4O. The molecule has 1 aliphatic heterocycles. The highest BCUT2D eigenvalue weighted by molar-refractivity contribution is 6.10. The Hall–Kier alpha value is -6.33. The van der Waals surface area contributed by atoms with Crippen molar-refractivity contribution in [1.82, 2.24) is 19.5 Å². The van der Waals surface area contributed by atoms with Gasteiger partial charge in [-0.3, -0.25) is 0 Å². The average molecular weight is 591 g/mol. The van der Waals surface area contributed by atoms with Crippen molar-refractivity contribution >= 4 is 34.0 Å². The molecule has 0 spiro atoms. The van der Waals surface area contributed by atoms with Crippen molar-refractivity contribution in [2.45, 2.75) is 0 Å². The summed E-state index contributed by atoms with van der Waals surface area (Å²) in [5.74, 6) is 3.61. The van der Waals surface area contributed by atoms with Gasteiger partial charge in [-0.05, 0) is 36.4 Å². The Balaban J connectivity index is 1.23. The molecule has 5 heteroatoms. The van der Waals surface area contributed by atoms with Gasteiger partial charge < -0.3 is 9.30 Å². The summed E-state index contributed by atoms with van der Waals surface area (Å²) < 4.78 is 8.77. The van der Waals surface area contributed by atoms with E-state index < -0.39 is 0 Å². The van der Waals surface area contributed by atoms with Crippen LogP contribution in [-0.2, 0) is 0 Å². The quantitative estimate of drug-likeness (QED) is 0.205. The second-order valence-corrected chi connectivity index (χ2v) is 11.3. The Morgan fingerprint density at radius 2 is 1.02 bits per heavy atom. The summed E-state index contributed by atoms with van der Waals surface area (Å²) >= 11 is 0. The van der Waals surface area contributed by atoms with E-state index in [1.54, 1.807) is 0 Å². The van der Waals surface area contributed by atoms with E-state index in [0.717, 1.165) is 66.8 Å². The number of fused-ring (bicyclic) bond motifs is 5. The van der Waals surface area contributed by atoms with Crippen LogP contribution >= 0.6 is 0 Å². The molecular weight excluding hydrogens is 564 g/mol. The largest absolute Gasteiger partial charge is 0.456 e. The maximum atomic E-state index is 6.45. The van der Waals surface area contributed by atoms with Gasteiger partial charge in [0.15, 0.2) is 17.5 Å². The van der Waals surface area contributed by atoms with Crippen molar-refractivity contribution in [3.8, 4) is 51.3 Å². The lowest BCUT2D eigenvalue weighted by Gasteiger charge is -2.12. The van der Waals surface area contributed by atoms with Gasteiger partial charge in [-0.15, -0.1) is 0 Å². The van der Waals surface area contributed by atoms with Crippen LogP contribution in [0, 0.1) is 0 Å². The van der Waals surface area contributed by atoms with Gasteiger partial charge in [0.2, 0.25) is 0 Å². The summed E-state index contributed by atoms with van der Waals surface area (Å²) in [5, 5.41) is 2.29. The molecule has 0 saturated carbocycles. The molecule has 3 heterocycles. The number of ether oxygens (including phenoxy) is 1. The van der Waals surface area contributed by atoms with Gasteiger partial charge in [-0.25, -0.2) is 15.0 Å². The fourth-order valence-electron chi connectivity index (χ4n) is 6.24. The monoisotopic (exact) mass is 590 g/mol. The van der Waals surface area contributed by atoms with E-state index in [-0.39, 0.29) is 0 Å². The number of hydrogen-bond donors (Lipinski definition) is 0. The van der Waals surface area contributed by atoms with E-state index >= 15 is 0 Å². The molecule has 0 unspecified atom stereocenters. The fourth-order valence-corrected chi connectivity index (χ4v) is 6.24. The van der Waals surface area contributed by atoms with E-state index in [1.165, 1.54) is 0 Å². The Bertz CT molecular complexity index is 2390. The van der Waals surface area contributed by atoms with Gasteiger partial charge in [0.05, 0.1) is 11.0 Å². The van der Waals surface area contributed by atoms with E-state index in [1.807, 2.05) is 78.9 Å². The molecule has 9 rings (SSSR count). The SMILES string of the molecule is C1=Cc2cc3c(cc2Oc2ccccc21)c1ccccc1n3-c1cccc(-c2nc(-c3ccccc3)nc(-c3ccccc3)n2)c1. The Labute approximate surface area is 265 Å². The minimum atomic E-state index is 0.623. The van der Waals surface area contributed by atoms with Crippen LogP contribution in [-0.4, -0.2) is 19.5 Å². The summed E-state index contributed by atoms with van der Waals surface area (Å²) in [7, 11) is 0. The van der Waals surface area contributed by atoms with Crippen LogP contribution < -0.4 is 4.74 Å². The Morgan fingerprint density at radius 3 is 1.78 bits per heavy atom. The van der Waals surface area contributed by atoms with E-state index in [4.69, 9.17) is 19.7 Å². The molecule has 8 aromatic rings. The topological polar surface area (TPSA) is 52.8 Å². The number of nitrogens with zero attached hydrogens (tertiary/aromatic N) is 4. The van der Waals surface area contributed by atoms with Gasteiger partial charge in [-0.2, -0.15) is 0 Å². The average Bonchev–Trinajstić information content (AvgIpc) is 3.32. The molecule has 0 N–H and O–H groups in total. The zero-order valence-electron chi connectivity index (χ0n) is 24.7. The van der Waals surface area contributed by atoms with Gasteiger partial charge >= 0.3 is 0 Å². The maximum Gasteiger partial charge on any atom is 0.164 e. The second kappa shape index (κ2) is 10.7. The highest BCUT2D eigenvalue weighted by Crippen LogP contribution is 2.41. The lowest BCUT2D eigenvalue weighted by molar-refractivity contribution is 0.482. The van der Waals surface area contributed by atoms with Crippen molar-refractivity contribution < 1.29 is 4.74 Å². The van der Waals surface area contributed by atoms with Crippen LogP contribution in [0.5, 0.6) is 11.5 Å². The van der Waals surface area contributed by atoms with Gasteiger partial charge in [0.1, 0.15) is 11.5 Å². The number of benzene rings is 6. The van der Waals surface area contributed by atoms with E-state index in [9.17, 15) is 0 Å². The van der Waals surface area contributed by atoms with E-state index in [2.05, 4.69) is 83.4 Å². The smallest absolute Gasteiger partial charge is 0.164 e. The first-order valence-electron chi connectivity index (χ1n) is 15.3. The van der Waals surface area contributed by atoms with Crippen LogP contribution in [0.3, 0.4) is 0 Å². The molecule has 2 aromatic heterocycles. The first kappa shape index (κ1) is 26.1. The zero-order chi connectivity index (χ0) is 30.5. The van der Waals surface area contributed by atoms with Gasteiger partial charge in [-0.1, -0.05) is 121 Å². The molecule has 5 nitrogen and oxygen atoms in total. The molecule has 0 fully saturated rings. The second-order valence-electron chi connectivity index (χ2n) is 11.3. The van der Waals surface area contributed by atoms with Crippen molar-refractivity contribution in [1.29, 1.82) is 0 Å². The predicted molar refractivity (Wildman–Crippen MR) is 186 cm³/mol. The van der Waals surface area contributed by atoms with E-state index in [0.29, 0.717) is 17.5 Å². The first-order valence-corrected chi connectivity index (χ1v) is 15.3. The Morgan fingerprint density at radius 1 is 0.413 bits per heavy atom. The number of hydrogen-bond acceptors (Lipinski definition) is 4. The molecule has 0 radical (unpaired) electrons. The highest BCUT2D eigenvalue weighted by atomic mass is 16.5. The number of para-hydroxylation sites is 2. The third kappa shape index (κ3) is 4.45. The van der Waals surface area contributed by atoms with Crippen LogP contribution in [0.2, 0.25) is 0 Å². The van der Waals surface area contributed by atoms with Crippen molar-refractivity contribution in [2.24, 2.45) is 0 Å². The molecule has 0 atom stereocenters. The molecule has 216 valence electrons. The third-order valence-electron chi connectivity index (χ3n) is 8.45. The van der Waals surface area contributed by atoms with Crippen LogP contribution in [0.4, 0.5) is 0 Å². The summed E-state index contributed by atoms with van der Waals surface area (Å²) in [6.07, 6.45) is 4.26. The standard InChI is InChI=1S/C41H26N4O/c1-3-13-28(14-4-1)39-42-40(29-15-5-2-6-16-29)44-41(43-39)31-17-11-18-32(24-31)45-35-20-9-8-19-33(35)34-26-38-30(25-36(34)45)23-22-27-12-7-10-21-37(27)46-38/h1-26H. The van der Waals surface area contributed by atoms with Gasteiger partial charge in [0.25, 0.3) is 0 Å². The Kier molecular flexibility index (Phi) is 6.06. The predicted octanol–water partition coefficient (Wildman–Crippen LogP) is 10.2. The summed E-state index contributed by atoms with van der Waals surface area (Å²) in [5.41, 5.74) is 8.13. The van der Waals surface area contributed by atoms with Crippen molar-refractivity contribution in [3.05, 3.63) is 157 Å². The molecule has 0 aliphatic carbocycles. The number of aromatic nitrogens is 4. The van der Waals surface area contributed by atoms with Crippen LogP contribution in [0.15, 0.2) is 146 Å². The van der Waals surface area contributed by atoms with Crippen LogP contribution in [0.1, 0.15) is 11.1 Å². The molecule has 6 aromatic carbocycles. The lowest BCUT2D eigenvalue weighted by Crippen LogP contribution is -2.01. The van der Waals surface area contributed by atoms with Gasteiger partial charge in [0, 0.05) is 44.3 Å². The third-order valence-corrected chi connectivity index (χ3v) is 8.45. The molecule has 0 bridgehead atoms. The zero-order valence-corrected chi connectivity index (χ0v) is 24.7. The highest BCUT2D eigenvalue weighted by Gasteiger charge is 2.19. The fraction of sp³-hybridized carbons (Fsp3) is 0. The minimum absolute atomic E-state index is 0.623. The molecule has 0 amide bonds. The molecule has 46 heavy (non-hydrogen) atoms. The van der Waals surface area contributed by atoms with Crippen LogP contribution in [0.25, 0.3) is 73.8 Å². The summed E-state index contributed by atoms with van der Waals surface area (Å²) in [6.45, 7) is 0. The normalized spacial score (nSPS) is 12.0. The van der Waals surface area contributed by atoms with Crippen molar-refractivity contribution in [2.75, 3.05) is 0 Å². The molecule has 1 aliphatic rings.